The van der Waals surface area contributed by atoms with Gasteiger partial charge in [0.25, 0.3) is 0 Å². The maximum Gasteiger partial charge on any atom is 0.0574 e. The number of piperidine rings is 1. The fourth-order valence-electron chi connectivity index (χ4n) is 1.92. The molecule has 0 saturated carbocycles. The van der Waals surface area contributed by atoms with Crippen molar-refractivity contribution in [1.29, 1.82) is 0 Å². The van der Waals surface area contributed by atoms with Gasteiger partial charge in [0.15, 0.2) is 0 Å². The summed E-state index contributed by atoms with van der Waals surface area (Å²) in [5.41, 5.74) is 2.70. The van der Waals surface area contributed by atoms with E-state index >= 15 is 0 Å². The summed E-state index contributed by atoms with van der Waals surface area (Å²) in [6.07, 6.45) is 6.13. The summed E-state index contributed by atoms with van der Waals surface area (Å²) in [4.78, 5) is 5.71. The van der Waals surface area contributed by atoms with E-state index in [1.54, 1.807) is 0 Å². The van der Waals surface area contributed by atoms with Crippen LogP contribution in [0.4, 0.5) is 5.69 Å². The molecule has 2 rings (SSSR count). The van der Waals surface area contributed by atoms with Crippen molar-refractivity contribution in [2.45, 2.75) is 26.2 Å². The van der Waals surface area contributed by atoms with Crippen LogP contribution < -0.4 is 4.90 Å². The van der Waals surface area contributed by atoms with Crippen molar-refractivity contribution in [2.75, 3.05) is 18.0 Å². The molecule has 0 amide bonds. The van der Waals surface area contributed by atoms with Crippen molar-refractivity contribution in [2.24, 2.45) is 0 Å². The predicted molar refractivity (Wildman–Crippen MR) is 51.6 cm³/mol. The Hall–Kier alpha value is -0.920. The minimum Gasteiger partial charge on any atom is -0.370 e. The molecule has 0 bridgehead atoms. The first-order valence-electron chi connectivity index (χ1n) is 4.77. The number of nitrogens with one attached hydrogen (secondary N) is 1. The van der Waals surface area contributed by atoms with Crippen LogP contribution in [0.2, 0.25) is 0 Å². The fourth-order valence-corrected chi connectivity index (χ4v) is 1.92. The van der Waals surface area contributed by atoms with Crippen LogP contribution >= 0.6 is 0 Å². The van der Waals surface area contributed by atoms with E-state index in [1.807, 2.05) is 6.20 Å². The standard InChI is InChI=1S/C10H16N2/c1-9-10(5-6-11-9)12-7-3-2-4-8-12/h5-6,11H,2-4,7-8H2,1H3. The largest absolute Gasteiger partial charge is 0.370 e. The number of anilines is 1. The molecule has 1 aliphatic rings. The van der Waals surface area contributed by atoms with E-state index in [1.165, 1.54) is 43.7 Å². The van der Waals surface area contributed by atoms with Crippen LogP contribution in [0.1, 0.15) is 25.0 Å². The van der Waals surface area contributed by atoms with Crippen LogP contribution in [0.15, 0.2) is 12.3 Å². The summed E-state index contributed by atoms with van der Waals surface area (Å²) >= 11 is 0. The topological polar surface area (TPSA) is 19.0 Å². The average molecular weight is 164 g/mol. The Morgan fingerprint density at radius 1 is 1.25 bits per heavy atom. The van der Waals surface area contributed by atoms with Gasteiger partial charge in [-0.25, -0.2) is 0 Å². The number of aromatic nitrogens is 1. The van der Waals surface area contributed by atoms with Gasteiger partial charge in [-0.05, 0) is 32.3 Å². The van der Waals surface area contributed by atoms with Gasteiger partial charge in [-0.2, -0.15) is 0 Å². The maximum absolute atomic E-state index is 3.22. The number of rotatable bonds is 1. The van der Waals surface area contributed by atoms with Gasteiger partial charge in [0.1, 0.15) is 0 Å². The molecule has 2 heterocycles. The zero-order valence-electron chi connectivity index (χ0n) is 7.64. The Bertz CT molecular complexity index is 246. The highest BCUT2D eigenvalue weighted by atomic mass is 15.1. The Morgan fingerprint density at radius 3 is 2.58 bits per heavy atom. The van der Waals surface area contributed by atoms with E-state index in [0.717, 1.165) is 0 Å². The minimum absolute atomic E-state index is 1.23. The summed E-state index contributed by atoms with van der Waals surface area (Å²) in [5.74, 6) is 0. The van der Waals surface area contributed by atoms with Gasteiger partial charge in [0, 0.05) is 25.0 Å². The second-order valence-electron chi connectivity index (χ2n) is 3.54. The Kier molecular flexibility index (Phi) is 2.07. The maximum atomic E-state index is 3.22. The van der Waals surface area contributed by atoms with Crippen LogP contribution in [-0.2, 0) is 0 Å². The van der Waals surface area contributed by atoms with Gasteiger partial charge < -0.3 is 9.88 Å². The van der Waals surface area contributed by atoms with Gasteiger partial charge in [0.05, 0.1) is 5.69 Å². The van der Waals surface area contributed by atoms with Crippen LogP contribution in [0.25, 0.3) is 0 Å². The molecule has 66 valence electrons. The SMILES string of the molecule is Cc1[nH]ccc1N1CCCCC1. The lowest BCUT2D eigenvalue weighted by Crippen LogP contribution is -2.29. The molecule has 1 saturated heterocycles. The molecular formula is C10H16N2. The number of hydrogen-bond donors (Lipinski definition) is 1. The van der Waals surface area contributed by atoms with Crippen molar-refractivity contribution < 1.29 is 0 Å². The molecule has 0 radical (unpaired) electrons. The summed E-state index contributed by atoms with van der Waals surface area (Å²) < 4.78 is 0. The number of H-pyrrole nitrogens is 1. The van der Waals surface area contributed by atoms with Gasteiger partial charge in [-0.1, -0.05) is 0 Å². The third-order valence-electron chi connectivity index (χ3n) is 2.62. The quantitative estimate of drug-likeness (QED) is 0.675. The van der Waals surface area contributed by atoms with Gasteiger partial charge in [0.2, 0.25) is 0 Å². The molecule has 0 spiro atoms. The Labute approximate surface area is 73.6 Å². The normalized spacial score (nSPS) is 18.2. The number of aromatic amines is 1. The van der Waals surface area contributed by atoms with E-state index in [2.05, 4.69) is 22.9 Å². The van der Waals surface area contributed by atoms with E-state index in [-0.39, 0.29) is 0 Å². The summed E-state index contributed by atoms with van der Waals surface area (Å²) in [6, 6.07) is 2.18. The fraction of sp³-hybridized carbons (Fsp3) is 0.600. The van der Waals surface area contributed by atoms with Crippen molar-refractivity contribution in [3.63, 3.8) is 0 Å². The van der Waals surface area contributed by atoms with E-state index in [0.29, 0.717) is 0 Å². The number of nitrogens with zero attached hydrogens (tertiary/aromatic N) is 1. The predicted octanol–water partition coefficient (Wildman–Crippen LogP) is 2.31. The first-order chi connectivity index (χ1) is 5.88. The molecule has 12 heavy (non-hydrogen) atoms. The van der Waals surface area contributed by atoms with Crippen molar-refractivity contribution >= 4 is 5.69 Å². The second-order valence-corrected chi connectivity index (χ2v) is 3.54. The lowest BCUT2D eigenvalue weighted by atomic mass is 10.1. The minimum atomic E-state index is 1.23. The molecule has 1 aromatic heterocycles. The van der Waals surface area contributed by atoms with E-state index in [9.17, 15) is 0 Å². The second kappa shape index (κ2) is 3.21. The lowest BCUT2D eigenvalue weighted by molar-refractivity contribution is 0.577. The Balaban J connectivity index is 2.13. The zero-order valence-corrected chi connectivity index (χ0v) is 7.64. The van der Waals surface area contributed by atoms with Gasteiger partial charge in [-0.15, -0.1) is 0 Å². The molecule has 2 heteroatoms. The summed E-state index contributed by atoms with van der Waals surface area (Å²) in [6.45, 7) is 4.61. The van der Waals surface area contributed by atoms with E-state index in [4.69, 9.17) is 0 Å². The van der Waals surface area contributed by atoms with Crippen LogP contribution in [-0.4, -0.2) is 18.1 Å². The first kappa shape index (κ1) is 7.71. The third kappa shape index (κ3) is 1.33. The Morgan fingerprint density at radius 2 is 2.00 bits per heavy atom. The zero-order chi connectivity index (χ0) is 8.39. The van der Waals surface area contributed by atoms with Gasteiger partial charge in [-0.3, -0.25) is 0 Å². The highest BCUT2D eigenvalue weighted by Crippen LogP contribution is 2.22. The summed E-state index contributed by atoms with van der Waals surface area (Å²) in [7, 11) is 0. The van der Waals surface area contributed by atoms with Crippen molar-refractivity contribution in [3.05, 3.63) is 18.0 Å². The molecular weight excluding hydrogens is 148 g/mol. The molecule has 1 aliphatic heterocycles. The highest BCUT2D eigenvalue weighted by Gasteiger charge is 2.12. The third-order valence-corrected chi connectivity index (χ3v) is 2.62. The first-order valence-corrected chi connectivity index (χ1v) is 4.77. The average Bonchev–Trinajstić information content (AvgIpc) is 2.53. The summed E-state index contributed by atoms with van der Waals surface area (Å²) in [5, 5.41) is 0. The molecule has 0 aliphatic carbocycles. The van der Waals surface area contributed by atoms with Crippen molar-refractivity contribution in [1.82, 2.24) is 4.98 Å². The van der Waals surface area contributed by atoms with Crippen LogP contribution in [0.3, 0.4) is 0 Å². The molecule has 0 aromatic carbocycles. The molecule has 1 aromatic rings. The smallest absolute Gasteiger partial charge is 0.0574 e. The van der Waals surface area contributed by atoms with Gasteiger partial charge >= 0.3 is 0 Å². The molecule has 1 N–H and O–H groups in total. The monoisotopic (exact) mass is 164 g/mol. The number of hydrogen-bond acceptors (Lipinski definition) is 1. The molecule has 1 fully saturated rings. The van der Waals surface area contributed by atoms with Crippen LogP contribution in [0, 0.1) is 6.92 Å². The lowest BCUT2D eigenvalue weighted by Gasteiger charge is -2.28. The van der Waals surface area contributed by atoms with Crippen molar-refractivity contribution in [3.8, 4) is 0 Å². The number of aryl methyl sites for hydroxylation is 1. The van der Waals surface area contributed by atoms with E-state index < -0.39 is 0 Å². The molecule has 0 atom stereocenters. The molecule has 2 nitrogen and oxygen atoms in total. The van der Waals surface area contributed by atoms with Crippen LogP contribution in [0.5, 0.6) is 0 Å². The molecule has 0 unspecified atom stereocenters. The highest BCUT2D eigenvalue weighted by molar-refractivity contribution is 5.50.